The number of nitriles is 1. The Morgan fingerprint density at radius 2 is 1.83 bits per heavy atom. The van der Waals surface area contributed by atoms with E-state index in [0.29, 0.717) is 33.2 Å². The molecule has 29 heavy (non-hydrogen) atoms. The minimum Gasteiger partial charge on any atom is -0.457 e. The zero-order chi connectivity index (χ0) is 20.4. The van der Waals surface area contributed by atoms with Crippen LogP contribution in [0.1, 0.15) is 16.9 Å². The Morgan fingerprint density at radius 1 is 1.07 bits per heavy atom. The summed E-state index contributed by atoms with van der Waals surface area (Å²) in [6.45, 7) is 0.112. The summed E-state index contributed by atoms with van der Waals surface area (Å²) in [5, 5.41) is 9.39. The third-order valence-electron chi connectivity index (χ3n) is 4.37. The molecule has 142 valence electrons. The Bertz CT molecular complexity index is 1190. The Hall–Kier alpha value is -3.27. The summed E-state index contributed by atoms with van der Waals surface area (Å²) in [6, 6.07) is 19.7. The van der Waals surface area contributed by atoms with E-state index in [1.54, 1.807) is 54.6 Å². The van der Waals surface area contributed by atoms with Crippen LogP contribution in [0, 0.1) is 11.3 Å². The maximum Gasteiger partial charge on any atom is 0.293 e. The van der Waals surface area contributed by atoms with Crippen LogP contribution in [-0.2, 0) is 11.3 Å². The molecule has 0 saturated carbocycles. The van der Waals surface area contributed by atoms with Crippen LogP contribution in [0.5, 0.6) is 0 Å². The molecule has 1 aromatic heterocycles. The molecule has 7 heteroatoms. The fraction of sp³-hybridized carbons (Fsp3) is 0.0455. The van der Waals surface area contributed by atoms with Crippen molar-refractivity contribution in [3.05, 3.63) is 87.5 Å². The fourth-order valence-electron chi connectivity index (χ4n) is 2.93. The second-order valence-electron chi connectivity index (χ2n) is 6.22. The van der Waals surface area contributed by atoms with Gasteiger partial charge < -0.3 is 4.42 Å². The summed E-state index contributed by atoms with van der Waals surface area (Å²) in [5.41, 5.74) is 1.86. The molecule has 2 heterocycles. The first-order valence-corrected chi connectivity index (χ1v) is 9.84. The van der Waals surface area contributed by atoms with Crippen LogP contribution in [0.25, 0.3) is 17.4 Å². The number of thioether (sulfide) groups is 1. The lowest BCUT2D eigenvalue weighted by molar-refractivity contribution is -0.123. The van der Waals surface area contributed by atoms with Crippen molar-refractivity contribution in [3.63, 3.8) is 0 Å². The van der Waals surface area contributed by atoms with Crippen molar-refractivity contribution in [2.45, 2.75) is 6.54 Å². The molecule has 2 amide bonds. The Kier molecular flexibility index (Phi) is 5.26. The fourth-order valence-corrected chi connectivity index (χ4v) is 3.95. The number of imide groups is 1. The zero-order valence-electron chi connectivity index (χ0n) is 15.0. The van der Waals surface area contributed by atoms with Gasteiger partial charge in [0.2, 0.25) is 0 Å². The highest BCUT2D eigenvalue weighted by molar-refractivity contribution is 8.18. The molecule has 0 radical (unpaired) electrons. The number of hydrogen-bond donors (Lipinski definition) is 0. The van der Waals surface area contributed by atoms with Crippen LogP contribution in [0.2, 0.25) is 5.02 Å². The maximum absolute atomic E-state index is 12.7. The zero-order valence-corrected chi connectivity index (χ0v) is 16.5. The molecular weight excluding hydrogens is 408 g/mol. The largest absolute Gasteiger partial charge is 0.457 e. The summed E-state index contributed by atoms with van der Waals surface area (Å²) in [5.74, 6) is 0.551. The number of halogens is 1. The first-order chi connectivity index (χ1) is 14.1. The lowest BCUT2D eigenvalue weighted by Gasteiger charge is -2.13. The highest BCUT2D eigenvalue weighted by Gasteiger charge is 2.35. The van der Waals surface area contributed by atoms with Gasteiger partial charge in [0.15, 0.2) is 0 Å². The molecule has 0 aliphatic carbocycles. The van der Waals surface area contributed by atoms with E-state index in [9.17, 15) is 14.9 Å². The van der Waals surface area contributed by atoms with Gasteiger partial charge in [-0.3, -0.25) is 14.5 Å². The van der Waals surface area contributed by atoms with E-state index in [0.717, 1.165) is 16.7 Å². The van der Waals surface area contributed by atoms with Gasteiger partial charge in [0, 0.05) is 16.7 Å². The Morgan fingerprint density at radius 3 is 2.62 bits per heavy atom. The molecule has 3 aromatic rings. The predicted octanol–water partition coefficient (Wildman–Crippen LogP) is 5.71. The van der Waals surface area contributed by atoms with Gasteiger partial charge in [-0.15, -0.1) is 0 Å². The lowest BCUT2D eigenvalue weighted by Crippen LogP contribution is -2.27. The molecule has 0 atom stereocenters. The van der Waals surface area contributed by atoms with Crippen LogP contribution < -0.4 is 0 Å². The summed E-state index contributed by atoms with van der Waals surface area (Å²) in [6.07, 6.45) is 1.54. The van der Waals surface area contributed by atoms with E-state index in [2.05, 4.69) is 6.07 Å². The number of hydrogen-bond acceptors (Lipinski definition) is 5. The van der Waals surface area contributed by atoms with Crippen molar-refractivity contribution in [2.24, 2.45) is 0 Å². The standard InChI is InChI=1S/C22H13ClN2O3S/c23-18-8-4-2-6-15(18)13-25-21(26)20(29-22(25)27)11-16-9-10-19(28-16)17-7-3-1-5-14(17)12-24/h1-11H,13H2/b20-11-. The smallest absolute Gasteiger partial charge is 0.293 e. The van der Waals surface area contributed by atoms with Gasteiger partial charge >= 0.3 is 0 Å². The van der Waals surface area contributed by atoms with Crippen molar-refractivity contribution < 1.29 is 14.0 Å². The normalized spacial score (nSPS) is 15.2. The number of carbonyl (C=O) groups excluding carboxylic acids is 2. The van der Waals surface area contributed by atoms with E-state index in [-0.39, 0.29) is 16.7 Å². The van der Waals surface area contributed by atoms with Crippen LogP contribution in [0.4, 0.5) is 4.79 Å². The highest BCUT2D eigenvalue weighted by atomic mass is 35.5. The number of rotatable bonds is 4. The van der Waals surface area contributed by atoms with Gasteiger partial charge in [-0.25, -0.2) is 0 Å². The number of carbonyl (C=O) groups is 2. The van der Waals surface area contributed by atoms with Crippen molar-refractivity contribution in [1.29, 1.82) is 5.26 Å². The molecule has 0 N–H and O–H groups in total. The van der Waals surface area contributed by atoms with Crippen LogP contribution in [0.15, 0.2) is 70.0 Å². The van der Waals surface area contributed by atoms with Gasteiger partial charge in [-0.1, -0.05) is 41.9 Å². The van der Waals surface area contributed by atoms with Gasteiger partial charge in [-0.2, -0.15) is 5.26 Å². The van der Waals surface area contributed by atoms with E-state index in [4.69, 9.17) is 16.0 Å². The number of amides is 2. The summed E-state index contributed by atoms with van der Waals surface area (Å²) < 4.78 is 5.79. The van der Waals surface area contributed by atoms with Gasteiger partial charge in [0.25, 0.3) is 11.1 Å². The SMILES string of the molecule is N#Cc1ccccc1-c1ccc(/C=C2\SC(=O)N(Cc3ccccc3Cl)C2=O)o1. The van der Waals surface area contributed by atoms with Gasteiger partial charge in [0.1, 0.15) is 11.5 Å². The van der Waals surface area contributed by atoms with Crippen molar-refractivity contribution in [3.8, 4) is 17.4 Å². The Labute approximate surface area is 176 Å². The van der Waals surface area contributed by atoms with Crippen molar-refractivity contribution in [1.82, 2.24) is 4.90 Å². The molecule has 4 rings (SSSR count). The quantitative estimate of drug-likeness (QED) is 0.505. The molecule has 1 aliphatic rings. The minimum atomic E-state index is -0.393. The number of furan rings is 1. The predicted molar refractivity (Wildman–Crippen MR) is 112 cm³/mol. The molecule has 0 spiro atoms. The van der Waals surface area contributed by atoms with Crippen LogP contribution in [-0.4, -0.2) is 16.0 Å². The molecule has 0 bridgehead atoms. The first-order valence-electron chi connectivity index (χ1n) is 8.65. The topological polar surface area (TPSA) is 74.3 Å². The molecule has 0 unspecified atom stereocenters. The average molecular weight is 421 g/mol. The molecular formula is C22H13ClN2O3S. The van der Waals surface area contributed by atoms with E-state index in [1.807, 2.05) is 6.07 Å². The van der Waals surface area contributed by atoms with Crippen molar-refractivity contribution in [2.75, 3.05) is 0 Å². The molecule has 5 nitrogen and oxygen atoms in total. The number of nitrogens with zero attached hydrogens (tertiary/aromatic N) is 2. The van der Waals surface area contributed by atoms with E-state index < -0.39 is 5.91 Å². The molecule has 2 aromatic carbocycles. The Balaban J connectivity index is 1.58. The summed E-state index contributed by atoms with van der Waals surface area (Å²) >= 11 is 7.00. The van der Waals surface area contributed by atoms with Gasteiger partial charge in [0.05, 0.1) is 23.1 Å². The number of benzene rings is 2. The summed E-state index contributed by atoms with van der Waals surface area (Å²) in [4.78, 5) is 26.5. The summed E-state index contributed by atoms with van der Waals surface area (Å²) in [7, 11) is 0. The molecule has 1 aliphatic heterocycles. The van der Waals surface area contributed by atoms with E-state index >= 15 is 0 Å². The third-order valence-corrected chi connectivity index (χ3v) is 5.65. The van der Waals surface area contributed by atoms with Crippen LogP contribution in [0.3, 0.4) is 0 Å². The average Bonchev–Trinajstić information content (AvgIpc) is 3.30. The maximum atomic E-state index is 12.7. The van der Waals surface area contributed by atoms with Crippen molar-refractivity contribution >= 4 is 40.6 Å². The molecule has 1 fully saturated rings. The van der Waals surface area contributed by atoms with Gasteiger partial charge in [-0.05, 0) is 47.7 Å². The van der Waals surface area contributed by atoms with Crippen LogP contribution >= 0.6 is 23.4 Å². The monoisotopic (exact) mass is 420 g/mol. The second-order valence-corrected chi connectivity index (χ2v) is 7.62. The lowest BCUT2D eigenvalue weighted by atomic mass is 10.1. The minimum absolute atomic E-state index is 0.112. The van der Waals surface area contributed by atoms with E-state index in [1.165, 1.54) is 6.08 Å². The first kappa shape index (κ1) is 19.1. The second kappa shape index (κ2) is 8.00. The molecule has 1 saturated heterocycles. The third kappa shape index (κ3) is 3.83. The highest BCUT2D eigenvalue weighted by Crippen LogP contribution is 2.35.